The monoisotopic (exact) mass is 596 g/mol. The zero-order valence-electron chi connectivity index (χ0n) is 25.8. The molecule has 4 aromatic rings. The highest BCUT2D eigenvalue weighted by Crippen LogP contribution is 2.37. The Labute approximate surface area is 259 Å². The molecule has 0 radical (unpaired) electrons. The summed E-state index contributed by atoms with van der Waals surface area (Å²) in [5.74, 6) is 0.0564. The number of rotatable bonds is 12. The number of pyridine rings is 1. The Morgan fingerprint density at radius 3 is 2.59 bits per heavy atom. The van der Waals surface area contributed by atoms with Gasteiger partial charge in [0, 0.05) is 38.5 Å². The van der Waals surface area contributed by atoms with E-state index in [-0.39, 0.29) is 12.1 Å². The van der Waals surface area contributed by atoms with E-state index in [9.17, 15) is 4.79 Å². The van der Waals surface area contributed by atoms with Crippen molar-refractivity contribution in [1.29, 1.82) is 0 Å². The van der Waals surface area contributed by atoms with Gasteiger partial charge in [0.25, 0.3) is 0 Å². The fourth-order valence-corrected chi connectivity index (χ4v) is 5.56. The first kappa shape index (κ1) is 31.1. The van der Waals surface area contributed by atoms with Gasteiger partial charge >= 0.3 is 0 Å². The Balaban J connectivity index is 1.39. The molecular formula is C36H41FN4O3. The number of likely N-dealkylation sites (N-methyl/N-ethyl adjacent to an activating group) is 1. The van der Waals surface area contributed by atoms with E-state index in [2.05, 4.69) is 29.1 Å². The number of carbonyl (C=O) groups is 1. The van der Waals surface area contributed by atoms with Crippen LogP contribution in [0.25, 0.3) is 22.0 Å². The molecule has 0 spiro atoms. The summed E-state index contributed by atoms with van der Waals surface area (Å²) in [5.41, 5.74) is 5.81. The summed E-state index contributed by atoms with van der Waals surface area (Å²) >= 11 is 0. The summed E-state index contributed by atoms with van der Waals surface area (Å²) in [7, 11) is 3.48. The molecule has 5 rings (SSSR count). The minimum Gasteiger partial charge on any atom is -0.478 e. The zero-order chi connectivity index (χ0) is 30.9. The van der Waals surface area contributed by atoms with Crippen molar-refractivity contribution >= 4 is 28.0 Å². The van der Waals surface area contributed by atoms with Gasteiger partial charge in [-0.3, -0.25) is 4.79 Å². The smallest absolute Gasteiger partial charge is 0.245 e. The van der Waals surface area contributed by atoms with Crippen LogP contribution in [0.5, 0.6) is 5.88 Å². The molecule has 2 aromatic carbocycles. The molecule has 0 bridgehead atoms. The van der Waals surface area contributed by atoms with Crippen LogP contribution in [0.2, 0.25) is 0 Å². The van der Waals surface area contributed by atoms with E-state index in [1.165, 1.54) is 0 Å². The lowest BCUT2D eigenvalue weighted by atomic mass is 9.88. The average molecular weight is 597 g/mol. The van der Waals surface area contributed by atoms with Crippen LogP contribution in [0, 0.1) is 5.95 Å². The van der Waals surface area contributed by atoms with Crippen LogP contribution >= 0.6 is 0 Å². The molecule has 8 heteroatoms. The molecule has 1 atom stereocenters. The minimum absolute atomic E-state index is 0.00775. The summed E-state index contributed by atoms with van der Waals surface area (Å²) in [4.78, 5) is 17.8. The van der Waals surface area contributed by atoms with Gasteiger partial charge in [0.1, 0.15) is 0 Å². The van der Waals surface area contributed by atoms with E-state index in [0.29, 0.717) is 24.5 Å². The molecule has 1 aliphatic heterocycles. The van der Waals surface area contributed by atoms with Crippen LogP contribution in [0.4, 0.5) is 4.39 Å². The topological polar surface area (TPSA) is 69.5 Å². The number of aromatic nitrogens is 3. The SMILES string of the molecule is CC/C(=C(/c1ccc(OCCCC/C=C/C(=O)N(C)C)nc1)c1ccc2c(c1)c(F)nn2C1CCCCO1)c1ccccc1. The molecule has 44 heavy (non-hydrogen) atoms. The lowest BCUT2D eigenvalue weighted by Crippen LogP contribution is -2.19. The second kappa shape index (κ2) is 14.9. The van der Waals surface area contributed by atoms with E-state index < -0.39 is 5.95 Å². The number of ether oxygens (including phenoxy) is 2. The molecule has 7 nitrogen and oxygen atoms in total. The fourth-order valence-electron chi connectivity index (χ4n) is 5.56. The highest BCUT2D eigenvalue weighted by Gasteiger charge is 2.22. The number of carbonyl (C=O) groups excluding carboxylic acids is 1. The largest absolute Gasteiger partial charge is 0.478 e. The van der Waals surface area contributed by atoms with E-state index in [1.54, 1.807) is 29.8 Å². The maximum atomic E-state index is 15.3. The van der Waals surface area contributed by atoms with Crippen LogP contribution in [-0.4, -0.2) is 52.9 Å². The first-order valence-corrected chi connectivity index (χ1v) is 15.5. The second-order valence-electron chi connectivity index (χ2n) is 11.2. The summed E-state index contributed by atoms with van der Waals surface area (Å²) < 4.78 is 28.8. The molecule has 0 N–H and O–H groups in total. The van der Waals surface area contributed by atoms with Crippen molar-refractivity contribution in [1.82, 2.24) is 19.7 Å². The van der Waals surface area contributed by atoms with E-state index in [1.807, 2.05) is 60.8 Å². The predicted octanol–water partition coefficient (Wildman–Crippen LogP) is 7.83. The number of hydrogen-bond donors (Lipinski definition) is 0. The number of fused-ring (bicyclic) bond motifs is 1. The van der Waals surface area contributed by atoms with Crippen LogP contribution < -0.4 is 4.74 Å². The van der Waals surface area contributed by atoms with E-state index in [4.69, 9.17) is 9.47 Å². The van der Waals surface area contributed by atoms with Crippen molar-refractivity contribution in [3.63, 3.8) is 0 Å². The summed E-state index contributed by atoms with van der Waals surface area (Å²) in [5, 5.41) is 4.73. The molecule has 1 amide bonds. The fraction of sp³-hybridized carbons (Fsp3) is 0.361. The second-order valence-corrected chi connectivity index (χ2v) is 11.2. The number of allylic oxidation sites excluding steroid dienone is 2. The number of amides is 1. The van der Waals surface area contributed by atoms with Gasteiger partial charge in [-0.15, -0.1) is 5.10 Å². The zero-order valence-corrected chi connectivity index (χ0v) is 25.8. The van der Waals surface area contributed by atoms with E-state index >= 15 is 4.39 Å². The Bertz CT molecular complexity index is 1600. The van der Waals surface area contributed by atoms with Crippen molar-refractivity contribution in [3.05, 3.63) is 102 Å². The Kier molecular flexibility index (Phi) is 10.6. The van der Waals surface area contributed by atoms with Crippen molar-refractivity contribution < 1.29 is 18.7 Å². The van der Waals surface area contributed by atoms with Gasteiger partial charge < -0.3 is 14.4 Å². The third-order valence-corrected chi connectivity index (χ3v) is 7.90. The van der Waals surface area contributed by atoms with Crippen LogP contribution in [0.1, 0.15) is 74.8 Å². The normalized spacial score (nSPS) is 15.9. The van der Waals surface area contributed by atoms with Crippen LogP contribution in [0.15, 0.2) is 79.0 Å². The van der Waals surface area contributed by atoms with Gasteiger partial charge in [0.2, 0.25) is 17.7 Å². The maximum Gasteiger partial charge on any atom is 0.245 e. The van der Waals surface area contributed by atoms with Gasteiger partial charge in [-0.05, 0) is 91.5 Å². The molecule has 230 valence electrons. The highest BCUT2D eigenvalue weighted by atomic mass is 19.1. The molecule has 0 saturated carbocycles. The first-order chi connectivity index (χ1) is 21.5. The lowest BCUT2D eigenvalue weighted by Gasteiger charge is -2.23. The molecule has 3 heterocycles. The third kappa shape index (κ3) is 7.42. The van der Waals surface area contributed by atoms with Gasteiger partial charge in [0.15, 0.2) is 6.23 Å². The number of unbranched alkanes of at least 4 members (excludes halogenated alkanes) is 2. The highest BCUT2D eigenvalue weighted by molar-refractivity contribution is 6.00. The number of benzene rings is 2. The number of halogens is 1. The Morgan fingerprint density at radius 1 is 1.07 bits per heavy atom. The molecule has 1 aliphatic rings. The quantitative estimate of drug-likeness (QED) is 0.0947. The van der Waals surface area contributed by atoms with Crippen molar-refractivity contribution in [3.8, 4) is 5.88 Å². The van der Waals surface area contributed by atoms with Gasteiger partial charge in [-0.25, -0.2) is 9.67 Å². The number of hydrogen-bond acceptors (Lipinski definition) is 5. The van der Waals surface area contributed by atoms with Crippen LogP contribution in [0.3, 0.4) is 0 Å². The van der Waals surface area contributed by atoms with Crippen molar-refractivity contribution in [2.24, 2.45) is 0 Å². The Morgan fingerprint density at radius 2 is 1.89 bits per heavy atom. The first-order valence-electron chi connectivity index (χ1n) is 15.5. The molecular weight excluding hydrogens is 555 g/mol. The third-order valence-electron chi connectivity index (χ3n) is 7.90. The number of nitrogens with zero attached hydrogens (tertiary/aromatic N) is 4. The van der Waals surface area contributed by atoms with Gasteiger partial charge in [-0.2, -0.15) is 4.39 Å². The Hall–Kier alpha value is -4.30. The summed E-state index contributed by atoms with van der Waals surface area (Å²) in [6, 6.07) is 20.1. The van der Waals surface area contributed by atoms with Crippen LogP contribution in [-0.2, 0) is 9.53 Å². The molecule has 1 unspecified atom stereocenters. The summed E-state index contributed by atoms with van der Waals surface area (Å²) in [6.07, 6.45) is 11.4. The van der Waals surface area contributed by atoms with Gasteiger partial charge in [0.05, 0.1) is 17.5 Å². The molecule has 1 fully saturated rings. The van der Waals surface area contributed by atoms with Crippen molar-refractivity contribution in [2.75, 3.05) is 27.3 Å². The standard InChI is InChI=1S/C36H41FN4O3/c1-4-29(26-14-8-7-9-15-26)35(27-18-20-31-30(24-27)36(37)39-41(31)34-17-11-13-23-44-34)28-19-21-32(38-25-28)43-22-12-6-5-10-16-33(42)40(2)3/h7-10,14-16,18-21,24-25,34H,4-6,11-13,17,22-23H2,1-3H3/b16-10+,35-29-. The van der Waals surface area contributed by atoms with E-state index in [0.717, 1.165) is 78.3 Å². The average Bonchev–Trinajstić information content (AvgIpc) is 3.39. The molecule has 0 aliphatic carbocycles. The lowest BCUT2D eigenvalue weighted by molar-refractivity contribution is -0.123. The predicted molar refractivity (Wildman–Crippen MR) is 173 cm³/mol. The molecule has 2 aromatic heterocycles. The maximum absolute atomic E-state index is 15.3. The van der Waals surface area contributed by atoms with Gasteiger partial charge in [-0.1, -0.05) is 49.4 Å². The molecule has 1 saturated heterocycles. The van der Waals surface area contributed by atoms with Crippen molar-refractivity contribution in [2.45, 2.75) is 58.1 Å². The minimum atomic E-state index is -0.491. The summed E-state index contributed by atoms with van der Waals surface area (Å²) in [6.45, 7) is 3.34.